The van der Waals surface area contributed by atoms with E-state index in [1.165, 1.54) is 0 Å². The van der Waals surface area contributed by atoms with Crippen LogP contribution in [-0.2, 0) is 14.3 Å². The minimum Gasteiger partial charge on any atom is -0.384 e. The smallest absolute Gasteiger partial charge is 0.231 e. The van der Waals surface area contributed by atoms with Crippen LogP contribution in [0.15, 0.2) is 0 Å². The number of ether oxygens (including phenoxy) is 2. The lowest BCUT2D eigenvalue weighted by atomic mass is 9.68. The van der Waals surface area contributed by atoms with Crippen LogP contribution >= 0.6 is 12.4 Å². The molecule has 1 aliphatic carbocycles. The Balaban J connectivity index is 0.00000162. The molecule has 2 aliphatic rings. The van der Waals surface area contributed by atoms with Gasteiger partial charge in [-0.3, -0.25) is 4.79 Å². The van der Waals surface area contributed by atoms with Gasteiger partial charge in [0.05, 0.1) is 24.7 Å². The highest BCUT2D eigenvalue weighted by atomic mass is 35.5. The number of nitrogens with zero attached hydrogens (tertiary/aromatic N) is 1. The molecule has 0 radical (unpaired) electrons. The van der Waals surface area contributed by atoms with Crippen LogP contribution in [0.5, 0.6) is 0 Å². The molecule has 0 aromatic heterocycles. The predicted molar refractivity (Wildman–Crippen MR) is 70.8 cm³/mol. The number of hydrogen-bond acceptors (Lipinski definition) is 4. The Morgan fingerprint density at radius 1 is 1.56 bits per heavy atom. The van der Waals surface area contributed by atoms with Crippen molar-refractivity contribution in [3.05, 3.63) is 0 Å². The molecule has 1 atom stereocenters. The summed E-state index contributed by atoms with van der Waals surface area (Å²) >= 11 is 0. The highest BCUT2D eigenvalue weighted by molar-refractivity contribution is 5.85. The summed E-state index contributed by atoms with van der Waals surface area (Å²) in [6.45, 7) is 2.91. The highest BCUT2D eigenvalue weighted by Gasteiger charge is 2.47. The van der Waals surface area contributed by atoms with Crippen molar-refractivity contribution in [2.24, 2.45) is 11.1 Å². The van der Waals surface area contributed by atoms with E-state index in [0.29, 0.717) is 32.8 Å². The van der Waals surface area contributed by atoms with Gasteiger partial charge >= 0.3 is 0 Å². The average Bonchev–Trinajstić information content (AvgIpc) is 2.33. The first-order valence-corrected chi connectivity index (χ1v) is 6.32. The van der Waals surface area contributed by atoms with Gasteiger partial charge in [0.25, 0.3) is 0 Å². The zero-order valence-corrected chi connectivity index (χ0v) is 11.7. The molecule has 0 aromatic carbocycles. The average molecular weight is 279 g/mol. The molecular weight excluding hydrogens is 256 g/mol. The maximum atomic E-state index is 12.5. The van der Waals surface area contributed by atoms with Crippen LogP contribution in [0, 0.1) is 5.41 Å². The number of amides is 1. The van der Waals surface area contributed by atoms with Crippen LogP contribution in [0.3, 0.4) is 0 Å². The zero-order valence-electron chi connectivity index (χ0n) is 10.9. The number of methoxy groups -OCH3 is 1. The number of nitrogens with two attached hydrogens (primary N) is 1. The number of carbonyl (C=O) groups excluding carboxylic acids is 1. The van der Waals surface area contributed by atoms with Gasteiger partial charge in [0.15, 0.2) is 0 Å². The van der Waals surface area contributed by atoms with E-state index in [1.54, 1.807) is 7.11 Å². The minimum absolute atomic E-state index is 0. The lowest BCUT2D eigenvalue weighted by Gasteiger charge is -2.44. The van der Waals surface area contributed by atoms with Crippen LogP contribution < -0.4 is 5.73 Å². The van der Waals surface area contributed by atoms with Crippen molar-refractivity contribution in [3.8, 4) is 0 Å². The van der Waals surface area contributed by atoms with Gasteiger partial charge in [-0.25, -0.2) is 0 Å². The van der Waals surface area contributed by atoms with E-state index in [-0.39, 0.29) is 29.8 Å². The molecule has 1 saturated carbocycles. The Morgan fingerprint density at radius 3 is 2.78 bits per heavy atom. The van der Waals surface area contributed by atoms with Gasteiger partial charge in [-0.05, 0) is 12.8 Å². The Labute approximate surface area is 114 Å². The van der Waals surface area contributed by atoms with Crippen molar-refractivity contribution in [1.29, 1.82) is 0 Å². The largest absolute Gasteiger partial charge is 0.384 e. The second kappa shape index (κ2) is 6.70. The van der Waals surface area contributed by atoms with Crippen LogP contribution in [0.2, 0.25) is 0 Å². The first kappa shape index (κ1) is 15.7. The van der Waals surface area contributed by atoms with E-state index >= 15 is 0 Å². The molecule has 18 heavy (non-hydrogen) atoms. The van der Waals surface area contributed by atoms with Crippen LogP contribution in [-0.4, -0.2) is 56.9 Å². The van der Waals surface area contributed by atoms with Crippen LogP contribution in [0.1, 0.15) is 19.3 Å². The summed E-state index contributed by atoms with van der Waals surface area (Å²) in [5, 5.41) is 0. The van der Waals surface area contributed by atoms with Crippen LogP contribution in [0.4, 0.5) is 0 Å². The fraction of sp³-hybridized carbons (Fsp3) is 0.917. The molecule has 1 heterocycles. The molecule has 106 valence electrons. The molecule has 1 aliphatic heterocycles. The Kier molecular flexibility index (Phi) is 5.85. The third-order valence-electron chi connectivity index (χ3n) is 3.87. The summed E-state index contributed by atoms with van der Waals surface area (Å²) in [5.74, 6) is 0.229. The van der Waals surface area contributed by atoms with E-state index in [2.05, 4.69) is 0 Å². The van der Waals surface area contributed by atoms with Crippen molar-refractivity contribution in [2.75, 3.05) is 40.0 Å². The maximum Gasteiger partial charge on any atom is 0.231 e. The lowest BCUT2D eigenvalue weighted by Crippen LogP contribution is -2.56. The first-order chi connectivity index (χ1) is 8.22. The number of hydrogen-bond donors (Lipinski definition) is 1. The Morgan fingerprint density at radius 2 is 2.28 bits per heavy atom. The Hall–Kier alpha value is -0.360. The lowest BCUT2D eigenvalue weighted by molar-refractivity contribution is -0.159. The first-order valence-electron chi connectivity index (χ1n) is 6.32. The predicted octanol–water partition coefficient (Wildman–Crippen LogP) is 0.411. The summed E-state index contributed by atoms with van der Waals surface area (Å²) in [6.07, 6.45) is 3.02. The van der Waals surface area contributed by atoms with E-state index in [1.807, 2.05) is 4.90 Å². The summed E-state index contributed by atoms with van der Waals surface area (Å²) in [7, 11) is 1.66. The molecule has 6 heteroatoms. The van der Waals surface area contributed by atoms with E-state index < -0.39 is 0 Å². The van der Waals surface area contributed by atoms with Gasteiger partial charge in [-0.2, -0.15) is 0 Å². The van der Waals surface area contributed by atoms with E-state index in [9.17, 15) is 4.79 Å². The molecule has 1 unspecified atom stereocenters. The molecule has 0 bridgehead atoms. The minimum atomic E-state index is -0.259. The number of rotatable bonds is 4. The van der Waals surface area contributed by atoms with Gasteiger partial charge in [-0.1, -0.05) is 6.42 Å². The van der Waals surface area contributed by atoms with Gasteiger partial charge in [0.1, 0.15) is 0 Å². The maximum absolute atomic E-state index is 12.5. The molecule has 1 amide bonds. The van der Waals surface area contributed by atoms with E-state index in [4.69, 9.17) is 15.2 Å². The van der Waals surface area contributed by atoms with Gasteiger partial charge in [0.2, 0.25) is 5.91 Å². The monoisotopic (exact) mass is 278 g/mol. The van der Waals surface area contributed by atoms with Gasteiger partial charge in [0, 0.05) is 26.7 Å². The molecule has 5 nitrogen and oxygen atoms in total. The molecular formula is C12H23ClN2O3. The van der Waals surface area contributed by atoms with Crippen molar-refractivity contribution in [3.63, 3.8) is 0 Å². The molecule has 2 rings (SSSR count). The topological polar surface area (TPSA) is 64.8 Å². The number of morpholine rings is 1. The standard InChI is InChI=1S/C12H22N2O3.ClH/c1-16-9-12(3-2-4-12)11(15)14-5-6-17-10(7-13)8-14;/h10H,2-9,13H2,1H3;1H. The number of halogens is 1. The van der Waals surface area contributed by atoms with Gasteiger partial charge in [-0.15, -0.1) is 12.4 Å². The quantitative estimate of drug-likeness (QED) is 0.809. The summed E-state index contributed by atoms with van der Waals surface area (Å²) < 4.78 is 10.7. The van der Waals surface area contributed by atoms with Crippen molar-refractivity contribution in [1.82, 2.24) is 4.90 Å². The fourth-order valence-electron chi connectivity index (χ4n) is 2.68. The zero-order chi connectivity index (χ0) is 12.3. The third kappa shape index (κ3) is 2.96. The molecule has 0 aromatic rings. The third-order valence-corrected chi connectivity index (χ3v) is 3.87. The number of carbonyl (C=O) groups is 1. The Bertz CT molecular complexity index is 284. The van der Waals surface area contributed by atoms with Crippen molar-refractivity contribution in [2.45, 2.75) is 25.4 Å². The molecule has 0 spiro atoms. The van der Waals surface area contributed by atoms with E-state index in [0.717, 1.165) is 19.3 Å². The second-order valence-corrected chi connectivity index (χ2v) is 5.05. The molecule has 2 N–H and O–H groups in total. The molecule has 1 saturated heterocycles. The van der Waals surface area contributed by atoms with Crippen LogP contribution in [0.25, 0.3) is 0 Å². The molecule has 2 fully saturated rings. The fourth-order valence-corrected chi connectivity index (χ4v) is 2.68. The second-order valence-electron chi connectivity index (χ2n) is 5.05. The SMILES string of the molecule is COCC1(C(=O)N2CCOC(CN)C2)CCC1.Cl. The van der Waals surface area contributed by atoms with Crippen molar-refractivity contribution < 1.29 is 14.3 Å². The summed E-state index contributed by atoms with van der Waals surface area (Å²) in [5.41, 5.74) is 5.33. The normalized spacial score (nSPS) is 26.1. The van der Waals surface area contributed by atoms with Crippen molar-refractivity contribution >= 4 is 18.3 Å². The summed E-state index contributed by atoms with van der Waals surface area (Å²) in [6, 6.07) is 0. The summed E-state index contributed by atoms with van der Waals surface area (Å²) in [4.78, 5) is 14.4. The van der Waals surface area contributed by atoms with Gasteiger partial charge < -0.3 is 20.1 Å². The highest BCUT2D eigenvalue weighted by Crippen LogP contribution is 2.42.